The molecule has 2 N–H and O–H groups in total. The number of aliphatic carboxylic acids is 1. The molecule has 0 saturated heterocycles. The molecule has 0 radical (unpaired) electrons. The highest BCUT2D eigenvalue weighted by Crippen LogP contribution is 2.22. The zero-order valence-electron chi connectivity index (χ0n) is 11.1. The maximum Gasteiger partial charge on any atom is 0.322 e. The van der Waals surface area contributed by atoms with E-state index in [0.717, 1.165) is 0 Å². The first-order valence-corrected chi connectivity index (χ1v) is 7.13. The second-order valence-corrected chi connectivity index (χ2v) is 7.08. The highest BCUT2D eigenvalue weighted by Gasteiger charge is 2.35. The number of hydrogen-bond donors (Lipinski definition) is 2. The van der Waals surface area contributed by atoms with E-state index < -0.39 is 44.0 Å². The fourth-order valence-corrected chi connectivity index (χ4v) is 2.94. The Kier molecular flexibility index (Phi) is 4.50. The van der Waals surface area contributed by atoms with Crippen molar-refractivity contribution in [3.05, 3.63) is 29.8 Å². The Morgan fingerprint density at radius 2 is 1.65 bits per heavy atom. The number of hydrogen-bond acceptors (Lipinski definition) is 3. The Labute approximate surface area is 115 Å². The zero-order valence-corrected chi connectivity index (χ0v) is 12.0. The molecular weight excluding hydrogens is 292 g/mol. The fourth-order valence-electron chi connectivity index (χ4n) is 1.50. The molecule has 0 amide bonds. The summed E-state index contributed by atoms with van der Waals surface area (Å²) >= 11 is 0. The van der Waals surface area contributed by atoms with Crippen LogP contribution in [0, 0.1) is 17.0 Å². The standard InChI is InChI=1S/C12H15F2NO4S/c1-12(2,3)10(11(16)17)15-20(18,19)9-5-7(13)4-8(14)6-9/h4-6,10,15H,1-3H3,(H,16,17). The Bertz CT molecular complexity index is 603. The van der Waals surface area contributed by atoms with Crippen LogP contribution in [0.3, 0.4) is 0 Å². The molecule has 0 saturated carbocycles. The Morgan fingerprint density at radius 1 is 1.20 bits per heavy atom. The van der Waals surface area contributed by atoms with E-state index in [1.807, 2.05) is 4.72 Å². The molecule has 8 heteroatoms. The van der Waals surface area contributed by atoms with Gasteiger partial charge in [0.15, 0.2) is 0 Å². The maximum atomic E-state index is 13.0. The first-order chi connectivity index (χ1) is 8.93. The van der Waals surface area contributed by atoms with Crippen LogP contribution in [0.15, 0.2) is 23.1 Å². The van der Waals surface area contributed by atoms with Crippen LogP contribution >= 0.6 is 0 Å². The van der Waals surface area contributed by atoms with Crippen molar-refractivity contribution in [3.63, 3.8) is 0 Å². The summed E-state index contributed by atoms with van der Waals surface area (Å²) in [5.41, 5.74) is -0.912. The van der Waals surface area contributed by atoms with Gasteiger partial charge in [-0.1, -0.05) is 20.8 Å². The molecule has 20 heavy (non-hydrogen) atoms. The molecule has 1 aromatic rings. The molecule has 0 aliphatic heterocycles. The highest BCUT2D eigenvalue weighted by atomic mass is 32.2. The highest BCUT2D eigenvalue weighted by molar-refractivity contribution is 7.89. The largest absolute Gasteiger partial charge is 0.480 e. The van der Waals surface area contributed by atoms with Gasteiger partial charge in [-0.05, 0) is 17.5 Å². The van der Waals surface area contributed by atoms with Gasteiger partial charge in [0.25, 0.3) is 0 Å². The third kappa shape index (κ3) is 3.97. The van der Waals surface area contributed by atoms with Crippen molar-refractivity contribution in [1.29, 1.82) is 0 Å². The Hall–Kier alpha value is -1.54. The monoisotopic (exact) mass is 307 g/mol. The van der Waals surface area contributed by atoms with E-state index in [1.54, 1.807) is 0 Å². The summed E-state index contributed by atoms with van der Waals surface area (Å²) in [7, 11) is -4.34. The topological polar surface area (TPSA) is 83.5 Å². The molecule has 0 spiro atoms. The summed E-state index contributed by atoms with van der Waals surface area (Å²) < 4.78 is 52.0. The van der Waals surface area contributed by atoms with Crippen LogP contribution in [-0.2, 0) is 14.8 Å². The van der Waals surface area contributed by atoms with E-state index in [2.05, 4.69) is 0 Å². The van der Waals surface area contributed by atoms with Crippen LogP contribution in [0.1, 0.15) is 20.8 Å². The van der Waals surface area contributed by atoms with E-state index in [4.69, 9.17) is 5.11 Å². The number of nitrogens with one attached hydrogen (secondary N) is 1. The van der Waals surface area contributed by atoms with Crippen molar-refractivity contribution in [2.75, 3.05) is 0 Å². The molecule has 1 atom stereocenters. The number of carboxylic acids is 1. The summed E-state index contributed by atoms with van der Waals surface area (Å²) in [6.07, 6.45) is 0. The first kappa shape index (κ1) is 16.5. The van der Waals surface area contributed by atoms with Crippen LogP contribution in [0.4, 0.5) is 8.78 Å². The average molecular weight is 307 g/mol. The number of rotatable bonds is 4. The van der Waals surface area contributed by atoms with E-state index in [-0.39, 0.29) is 0 Å². The SMILES string of the molecule is CC(C)(C)C(NS(=O)(=O)c1cc(F)cc(F)c1)C(=O)O. The second kappa shape index (κ2) is 5.45. The molecule has 0 heterocycles. The molecule has 112 valence electrons. The molecule has 0 aromatic heterocycles. The van der Waals surface area contributed by atoms with E-state index >= 15 is 0 Å². The predicted octanol–water partition coefficient (Wildman–Crippen LogP) is 1.74. The van der Waals surface area contributed by atoms with Crippen molar-refractivity contribution in [2.24, 2.45) is 5.41 Å². The number of sulfonamides is 1. The number of carboxylic acid groups (broad SMARTS) is 1. The smallest absolute Gasteiger partial charge is 0.322 e. The van der Waals surface area contributed by atoms with Crippen LogP contribution in [0.5, 0.6) is 0 Å². The molecule has 1 unspecified atom stereocenters. The van der Waals surface area contributed by atoms with Crippen LogP contribution < -0.4 is 4.72 Å². The summed E-state index contributed by atoms with van der Waals surface area (Å²) in [5, 5.41) is 9.05. The van der Waals surface area contributed by atoms with Gasteiger partial charge in [-0.15, -0.1) is 0 Å². The fraction of sp³-hybridized carbons (Fsp3) is 0.417. The van der Waals surface area contributed by atoms with Gasteiger partial charge in [0.05, 0.1) is 4.90 Å². The summed E-state index contributed by atoms with van der Waals surface area (Å²) in [4.78, 5) is 10.5. The van der Waals surface area contributed by atoms with Crippen molar-refractivity contribution in [3.8, 4) is 0 Å². The average Bonchev–Trinajstić information content (AvgIpc) is 2.22. The summed E-state index contributed by atoms with van der Waals surface area (Å²) in [6.45, 7) is 4.58. The van der Waals surface area contributed by atoms with Gasteiger partial charge >= 0.3 is 5.97 Å². The molecule has 1 aromatic carbocycles. The molecule has 0 fully saturated rings. The van der Waals surface area contributed by atoms with Gasteiger partial charge in [-0.3, -0.25) is 4.79 Å². The van der Waals surface area contributed by atoms with Gasteiger partial charge in [0, 0.05) is 6.07 Å². The van der Waals surface area contributed by atoms with E-state index in [1.165, 1.54) is 20.8 Å². The van der Waals surface area contributed by atoms with Gasteiger partial charge in [0.1, 0.15) is 17.7 Å². The molecule has 0 aliphatic carbocycles. The van der Waals surface area contributed by atoms with Crippen molar-refractivity contribution in [1.82, 2.24) is 4.72 Å². The normalized spacial score (nSPS) is 14.1. The lowest BCUT2D eigenvalue weighted by Gasteiger charge is -2.27. The quantitative estimate of drug-likeness (QED) is 0.887. The lowest BCUT2D eigenvalue weighted by Crippen LogP contribution is -2.48. The van der Waals surface area contributed by atoms with E-state index in [0.29, 0.717) is 18.2 Å². The van der Waals surface area contributed by atoms with Crippen molar-refractivity contribution >= 4 is 16.0 Å². The van der Waals surface area contributed by atoms with Gasteiger partial charge in [-0.25, -0.2) is 17.2 Å². The van der Waals surface area contributed by atoms with Gasteiger partial charge in [-0.2, -0.15) is 4.72 Å². The third-order valence-corrected chi connectivity index (χ3v) is 3.93. The molecular formula is C12H15F2NO4S. The number of carbonyl (C=O) groups is 1. The first-order valence-electron chi connectivity index (χ1n) is 5.65. The van der Waals surface area contributed by atoms with E-state index in [9.17, 15) is 22.0 Å². The zero-order chi connectivity index (χ0) is 15.7. The second-order valence-electron chi connectivity index (χ2n) is 5.36. The van der Waals surface area contributed by atoms with Gasteiger partial charge < -0.3 is 5.11 Å². The minimum atomic E-state index is -4.34. The van der Waals surface area contributed by atoms with Crippen LogP contribution in [0.25, 0.3) is 0 Å². The number of halogens is 2. The third-order valence-electron chi connectivity index (χ3n) is 2.53. The molecule has 0 aliphatic rings. The minimum Gasteiger partial charge on any atom is -0.480 e. The molecule has 5 nitrogen and oxygen atoms in total. The summed E-state index contributed by atoms with van der Waals surface area (Å²) in [6, 6.07) is 0.330. The van der Waals surface area contributed by atoms with Gasteiger partial charge in [0.2, 0.25) is 10.0 Å². The van der Waals surface area contributed by atoms with Crippen LogP contribution in [-0.4, -0.2) is 25.5 Å². The van der Waals surface area contributed by atoms with Crippen molar-refractivity contribution < 1.29 is 27.1 Å². The van der Waals surface area contributed by atoms with Crippen molar-refractivity contribution in [2.45, 2.75) is 31.7 Å². The minimum absolute atomic E-state index is 0.525. The predicted molar refractivity (Wildman–Crippen MR) is 67.6 cm³/mol. The van der Waals surface area contributed by atoms with Crippen LogP contribution in [0.2, 0.25) is 0 Å². The Balaban J connectivity index is 3.20. The Morgan fingerprint density at radius 3 is 2.00 bits per heavy atom. The maximum absolute atomic E-state index is 13.0. The molecule has 0 bridgehead atoms. The number of benzene rings is 1. The molecule has 1 rings (SSSR count). The lowest BCUT2D eigenvalue weighted by atomic mass is 9.88. The summed E-state index contributed by atoms with van der Waals surface area (Å²) in [5.74, 6) is -3.50. The lowest BCUT2D eigenvalue weighted by molar-refractivity contribution is -0.141.